The molecule has 5 nitrogen and oxygen atoms in total. The Morgan fingerprint density at radius 2 is 1.92 bits per heavy atom. The van der Waals surface area contributed by atoms with Crippen LogP contribution in [0.1, 0.15) is 27.0 Å². The molecule has 1 atom stereocenters. The van der Waals surface area contributed by atoms with Gasteiger partial charge in [-0.3, -0.25) is 4.79 Å². The van der Waals surface area contributed by atoms with Gasteiger partial charge in [0.25, 0.3) is 5.91 Å². The number of hydrogen-bond acceptors (Lipinski definition) is 3. The number of ether oxygens (including phenoxy) is 1. The van der Waals surface area contributed by atoms with Gasteiger partial charge in [0, 0.05) is 29.1 Å². The van der Waals surface area contributed by atoms with Gasteiger partial charge in [0.15, 0.2) is 0 Å². The van der Waals surface area contributed by atoms with Gasteiger partial charge in [0.05, 0.1) is 7.11 Å². The Bertz CT molecular complexity index is 959. The molecule has 0 aliphatic carbocycles. The van der Waals surface area contributed by atoms with Crippen LogP contribution in [0.15, 0.2) is 48.7 Å². The molecule has 0 saturated carbocycles. The SMILES string of the molecule is COC(=O)C(Cc1c[nH]c2ccccc12)NC(=O)c1cc(C)ccc1C. The molecule has 26 heavy (non-hydrogen) atoms. The van der Waals surface area contributed by atoms with E-state index >= 15 is 0 Å². The van der Waals surface area contributed by atoms with Crippen molar-refractivity contribution < 1.29 is 14.3 Å². The topological polar surface area (TPSA) is 71.2 Å². The first-order chi connectivity index (χ1) is 12.5. The molecule has 3 aromatic rings. The molecule has 2 aromatic carbocycles. The average Bonchev–Trinajstić information content (AvgIpc) is 3.05. The summed E-state index contributed by atoms with van der Waals surface area (Å²) >= 11 is 0. The Morgan fingerprint density at radius 1 is 1.15 bits per heavy atom. The first-order valence-electron chi connectivity index (χ1n) is 8.50. The van der Waals surface area contributed by atoms with E-state index in [1.165, 1.54) is 7.11 Å². The van der Waals surface area contributed by atoms with E-state index in [4.69, 9.17) is 4.74 Å². The van der Waals surface area contributed by atoms with Crippen LogP contribution in [0.3, 0.4) is 0 Å². The molecule has 1 unspecified atom stereocenters. The standard InChI is InChI=1S/C21H22N2O3/c1-13-8-9-14(2)17(10-13)20(24)23-19(21(25)26-3)11-15-12-22-18-7-5-4-6-16(15)18/h4-10,12,19,22H,11H2,1-3H3,(H,23,24). The number of carbonyl (C=O) groups is 2. The smallest absolute Gasteiger partial charge is 0.328 e. The third-order valence-electron chi connectivity index (χ3n) is 4.53. The maximum absolute atomic E-state index is 12.7. The highest BCUT2D eigenvalue weighted by Crippen LogP contribution is 2.20. The van der Waals surface area contributed by atoms with Gasteiger partial charge < -0.3 is 15.0 Å². The van der Waals surface area contributed by atoms with Crippen molar-refractivity contribution in [3.63, 3.8) is 0 Å². The lowest BCUT2D eigenvalue weighted by Crippen LogP contribution is -2.43. The van der Waals surface area contributed by atoms with Crippen LogP contribution in [-0.4, -0.2) is 30.0 Å². The van der Waals surface area contributed by atoms with E-state index in [1.807, 2.05) is 62.5 Å². The first-order valence-corrected chi connectivity index (χ1v) is 8.50. The summed E-state index contributed by atoms with van der Waals surface area (Å²) < 4.78 is 4.90. The van der Waals surface area contributed by atoms with Crippen LogP contribution < -0.4 is 5.32 Å². The summed E-state index contributed by atoms with van der Waals surface area (Å²) in [5.74, 6) is -0.740. The van der Waals surface area contributed by atoms with Crippen molar-refractivity contribution in [1.82, 2.24) is 10.3 Å². The Morgan fingerprint density at radius 3 is 2.69 bits per heavy atom. The predicted molar refractivity (Wildman–Crippen MR) is 101 cm³/mol. The highest BCUT2D eigenvalue weighted by Gasteiger charge is 2.24. The number of amides is 1. The Kier molecular flexibility index (Phi) is 5.07. The average molecular weight is 350 g/mol. The minimum absolute atomic E-state index is 0.276. The van der Waals surface area contributed by atoms with E-state index in [1.54, 1.807) is 0 Å². The molecule has 0 bridgehead atoms. The molecule has 5 heteroatoms. The number of fused-ring (bicyclic) bond motifs is 1. The molecule has 0 aliphatic heterocycles. The summed E-state index contributed by atoms with van der Waals surface area (Å²) in [5, 5.41) is 3.86. The van der Waals surface area contributed by atoms with Crippen LogP contribution in [0.2, 0.25) is 0 Å². The number of para-hydroxylation sites is 1. The second-order valence-electron chi connectivity index (χ2n) is 6.43. The number of methoxy groups -OCH3 is 1. The zero-order valence-electron chi connectivity index (χ0n) is 15.1. The van der Waals surface area contributed by atoms with Crippen LogP contribution in [0.5, 0.6) is 0 Å². The molecule has 0 spiro atoms. The minimum Gasteiger partial charge on any atom is -0.467 e. The lowest BCUT2D eigenvalue weighted by molar-refractivity contribution is -0.142. The highest BCUT2D eigenvalue weighted by molar-refractivity contribution is 5.98. The summed E-state index contributed by atoms with van der Waals surface area (Å²) in [5.41, 5.74) is 4.37. The van der Waals surface area contributed by atoms with E-state index in [-0.39, 0.29) is 5.91 Å². The maximum Gasteiger partial charge on any atom is 0.328 e. The molecule has 1 aromatic heterocycles. The molecule has 0 saturated heterocycles. The molecule has 1 heterocycles. The Hall–Kier alpha value is -3.08. The van der Waals surface area contributed by atoms with Crippen LogP contribution in [0.25, 0.3) is 10.9 Å². The number of rotatable bonds is 5. The number of aromatic amines is 1. The molecule has 2 N–H and O–H groups in total. The molecule has 0 aliphatic rings. The second-order valence-corrected chi connectivity index (χ2v) is 6.43. The van der Waals surface area contributed by atoms with E-state index in [9.17, 15) is 9.59 Å². The third kappa shape index (κ3) is 3.61. The molecule has 134 valence electrons. The summed E-state index contributed by atoms with van der Waals surface area (Å²) in [6, 6.07) is 12.8. The fourth-order valence-electron chi connectivity index (χ4n) is 3.07. The van der Waals surface area contributed by atoms with E-state index in [0.717, 1.165) is 27.6 Å². The zero-order valence-corrected chi connectivity index (χ0v) is 15.1. The van der Waals surface area contributed by atoms with Crippen molar-refractivity contribution in [2.75, 3.05) is 7.11 Å². The predicted octanol–water partition coefficient (Wildman–Crippen LogP) is 3.30. The molecular weight excluding hydrogens is 328 g/mol. The fourth-order valence-corrected chi connectivity index (χ4v) is 3.07. The monoisotopic (exact) mass is 350 g/mol. The molecule has 3 rings (SSSR count). The zero-order chi connectivity index (χ0) is 18.7. The summed E-state index contributed by atoms with van der Waals surface area (Å²) in [7, 11) is 1.33. The molecule has 0 fully saturated rings. The van der Waals surface area contributed by atoms with Crippen molar-refractivity contribution >= 4 is 22.8 Å². The largest absolute Gasteiger partial charge is 0.467 e. The fraction of sp³-hybridized carbons (Fsp3) is 0.238. The quantitative estimate of drug-likeness (QED) is 0.694. The number of aromatic nitrogens is 1. The number of H-pyrrole nitrogens is 1. The van der Waals surface area contributed by atoms with Gasteiger partial charge in [-0.1, -0.05) is 35.9 Å². The first kappa shape index (κ1) is 17.7. The van der Waals surface area contributed by atoms with Crippen LogP contribution in [-0.2, 0) is 16.0 Å². The van der Waals surface area contributed by atoms with Gasteiger partial charge in [-0.15, -0.1) is 0 Å². The van der Waals surface area contributed by atoms with E-state index in [0.29, 0.717) is 12.0 Å². The van der Waals surface area contributed by atoms with Gasteiger partial charge in [-0.2, -0.15) is 0 Å². The molecule has 1 amide bonds. The lowest BCUT2D eigenvalue weighted by atomic mass is 10.0. The normalized spacial score (nSPS) is 12.0. The number of aryl methyl sites for hydroxylation is 2. The van der Waals surface area contributed by atoms with Gasteiger partial charge in [0.1, 0.15) is 6.04 Å². The van der Waals surface area contributed by atoms with Gasteiger partial charge in [0.2, 0.25) is 0 Å². The number of hydrogen-bond donors (Lipinski definition) is 2. The van der Waals surface area contributed by atoms with Crippen molar-refractivity contribution in [3.05, 3.63) is 70.9 Å². The van der Waals surface area contributed by atoms with Crippen molar-refractivity contribution in [2.45, 2.75) is 26.3 Å². The van der Waals surface area contributed by atoms with Crippen molar-refractivity contribution in [3.8, 4) is 0 Å². The Balaban J connectivity index is 1.85. The maximum atomic E-state index is 12.7. The second kappa shape index (κ2) is 7.44. The van der Waals surface area contributed by atoms with Crippen molar-refractivity contribution in [2.24, 2.45) is 0 Å². The van der Waals surface area contributed by atoms with Crippen LogP contribution in [0.4, 0.5) is 0 Å². The van der Waals surface area contributed by atoms with Crippen LogP contribution >= 0.6 is 0 Å². The van der Waals surface area contributed by atoms with Gasteiger partial charge >= 0.3 is 5.97 Å². The molecular formula is C21H22N2O3. The van der Waals surface area contributed by atoms with E-state index < -0.39 is 12.0 Å². The minimum atomic E-state index is -0.758. The number of nitrogens with one attached hydrogen (secondary N) is 2. The van der Waals surface area contributed by atoms with Crippen LogP contribution in [0, 0.1) is 13.8 Å². The van der Waals surface area contributed by atoms with Gasteiger partial charge in [-0.05, 0) is 37.1 Å². The number of esters is 1. The van der Waals surface area contributed by atoms with Gasteiger partial charge in [-0.25, -0.2) is 4.79 Å². The summed E-state index contributed by atoms with van der Waals surface area (Å²) in [6.45, 7) is 3.81. The summed E-state index contributed by atoms with van der Waals surface area (Å²) in [6.07, 6.45) is 2.22. The molecule has 0 radical (unpaired) electrons. The number of carbonyl (C=O) groups excluding carboxylic acids is 2. The van der Waals surface area contributed by atoms with E-state index in [2.05, 4.69) is 10.3 Å². The number of benzene rings is 2. The third-order valence-corrected chi connectivity index (χ3v) is 4.53. The van der Waals surface area contributed by atoms with Crippen molar-refractivity contribution in [1.29, 1.82) is 0 Å². The Labute approximate surface area is 152 Å². The lowest BCUT2D eigenvalue weighted by Gasteiger charge is -2.17. The highest BCUT2D eigenvalue weighted by atomic mass is 16.5. The summed E-state index contributed by atoms with van der Waals surface area (Å²) in [4.78, 5) is 28.1.